The Bertz CT molecular complexity index is 1280. The van der Waals surface area contributed by atoms with E-state index in [0.29, 0.717) is 13.0 Å². The van der Waals surface area contributed by atoms with E-state index in [1.165, 1.54) is 27.2 Å². The molecule has 0 bridgehead atoms. The maximum absolute atomic E-state index is 12.4. The first-order valence-corrected chi connectivity index (χ1v) is 14.4. The highest BCUT2D eigenvalue weighted by molar-refractivity contribution is 8.00. The highest BCUT2D eigenvalue weighted by atomic mass is 32.2. The molecule has 8 nitrogen and oxygen atoms in total. The molecule has 10 heteroatoms. The van der Waals surface area contributed by atoms with E-state index in [1.54, 1.807) is 11.8 Å². The number of H-pyrrole nitrogens is 1. The Morgan fingerprint density at radius 3 is 2.20 bits per heavy atom. The van der Waals surface area contributed by atoms with Crippen molar-refractivity contribution < 1.29 is 4.43 Å². The fourth-order valence-electron chi connectivity index (χ4n) is 4.87. The number of nitrogens with one attached hydrogen (secondary N) is 1. The van der Waals surface area contributed by atoms with E-state index in [9.17, 15) is 9.59 Å². The average Bonchev–Trinajstić information content (AvgIpc) is 3.22. The van der Waals surface area contributed by atoms with Crippen LogP contribution >= 0.6 is 11.8 Å². The van der Waals surface area contributed by atoms with Crippen molar-refractivity contribution in [3.63, 3.8) is 0 Å². The van der Waals surface area contributed by atoms with Gasteiger partial charge >= 0.3 is 5.69 Å². The van der Waals surface area contributed by atoms with Crippen LogP contribution in [0.3, 0.4) is 0 Å². The minimum absolute atomic E-state index is 0.0102. The molecular weight excluding hydrogens is 478 g/mol. The van der Waals surface area contributed by atoms with Crippen molar-refractivity contribution in [2.75, 3.05) is 6.61 Å². The molecule has 35 heavy (non-hydrogen) atoms. The molecule has 182 valence electrons. The molecule has 0 spiro atoms. The predicted octanol–water partition coefficient (Wildman–Crippen LogP) is 3.80. The summed E-state index contributed by atoms with van der Waals surface area (Å²) in [5.74, 6) is 0. The number of azide groups is 1. The van der Waals surface area contributed by atoms with Gasteiger partial charge in [0, 0.05) is 29.0 Å². The van der Waals surface area contributed by atoms with Crippen LogP contribution in [0.15, 0.2) is 87.6 Å². The monoisotopic (exact) mass is 507 g/mol. The van der Waals surface area contributed by atoms with Crippen molar-refractivity contribution in [1.29, 1.82) is 0 Å². The number of benzene rings is 2. The van der Waals surface area contributed by atoms with Crippen molar-refractivity contribution in [2.24, 2.45) is 5.11 Å². The van der Waals surface area contributed by atoms with Crippen LogP contribution in [0, 0.1) is 0 Å². The molecule has 1 N–H and O–H groups in total. The fourth-order valence-corrected chi connectivity index (χ4v) is 11.1. The number of rotatable bonds is 7. The first kappa shape index (κ1) is 25.1. The van der Waals surface area contributed by atoms with Gasteiger partial charge in [0.15, 0.2) is 0 Å². The summed E-state index contributed by atoms with van der Waals surface area (Å²) in [5, 5.41) is 5.80. The van der Waals surface area contributed by atoms with Gasteiger partial charge in [-0.25, -0.2) is 4.79 Å². The van der Waals surface area contributed by atoms with Crippen molar-refractivity contribution >= 4 is 30.5 Å². The molecular formula is C25H29N5O3SSi. The molecule has 1 fully saturated rings. The van der Waals surface area contributed by atoms with Crippen molar-refractivity contribution in [2.45, 2.75) is 48.9 Å². The number of thioether (sulfide) groups is 1. The number of aromatic nitrogens is 2. The van der Waals surface area contributed by atoms with E-state index in [2.05, 4.69) is 84.3 Å². The van der Waals surface area contributed by atoms with Crippen molar-refractivity contribution in [3.8, 4) is 0 Å². The van der Waals surface area contributed by atoms with Gasteiger partial charge in [-0.1, -0.05) is 86.5 Å². The second-order valence-electron chi connectivity index (χ2n) is 9.65. The summed E-state index contributed by atoms with van der Waals surface area (Å²) >= 11 is 1.55. The van der Waals surface area contributed by atoms with E-state index in [1.807, 2.05) is 12.1 Å². The molecule has 2 aromatic carbocycles. The molecule has 3 aromatic rings. The fraction of sp³-hybridized carbons (Fsp3) is 0.360. The molecule has 0 radical (unpaired) electrons. The molecule has 1 aromatic heterocycles. The highest BCUT2D eigenvalue weighted by Gasteiger charge is 2.51. The molecule has 1 aliphatic heterocycles. The summed E-state index contributed by atoms with van der Waals surface area (Å²) in [6.07, 6.45) is 2.03. The van der Waals surface area contributed by atoms with Gasteiger partial charge in [0.1, 0.15) is 0 Å². The zero-order valence-corrected chi connectivity index (χ0v) is 21.8. The van der Waals surface area contributed by atoms with Crippen LogP contribution in [0.25, 0.3) is 10.4 Å². The Labute approximate surface area is 209 Å². The molecule has 4 rings (SSSR count). The third-order valence-electron chi connectivity index (χ3n) is 6.39. The predicted molar refractivity (Wildman–Crippen MR) is 143 cm³/mol. The van der Waals surface area contributed by atoms with Gasteiger partial charge < -0.3 is 4.43 Å². The molecule has 1 unspecified atom stereocenters. The molecule has 1 saturated heterocycles. The topological polar surface area (TPSA) is 113 Å². The first-order chi connectivity index (χ1) is 16.8. The summed E-state index contributed by atoms with van der Waals surface area (Å²) in [7, 11) is -2.71. The van der Waals surface area contributed by atoms with E-state index >= 15 is 0 Å². The third kappa shape index (κ3) is 5.01. The average molecular weight is 508 g/mol. The zero-order chi connectivity index (χ0) is 25.1. The number of hydrogen-bond donors (Lipinski definition) is 1. The number of nitrogens with zero attached hydrogens (tertiary/aromatic N) is 4. The lowest BCUT2D eigenvalue weighted by molar-refractivity contribution is 0.292. The van der Waals surface area contributed by atoms with Crippen LogP contribution in [0.1, 0.15) is 32.6 Å². The quantitative estimate of drug-likeness (QED) is 0.227. The summed E-state index contributed by atoms with van der Waals surface area (Å²) < 4.78 is 8.49. The van der Waals surface area contributed by atoms with Crippen molar-refractivity contribution in [1.82, 2.24) is 9.55 Å². The van der Waals surface area contributed by atoms with Gasteiger partial charge in [-0.05, 0) is 27.4 Å². The van der Waals surface area contributed by atoms with Crippen LogP contribution in [0.5, 0.6) is 0 Å². The lowest BCUT2D eigenvalue weighted by Crippen LogP contribution is -2.67. The van der Waals surface area contributed by atoms with E-state index in [4.69, 9.17) is 9.96 Å². The first-order valence-electron chi connectivity index (χ1n) is 11.5. The van der Waals surface area contributed by atoms with Crippen molar-refractivity contribution in [3.05, 3.63) is 104 Å². The van der Waals surface area contributed by atoms with Gasteiger partial charge in [0.25, 0.3) is 13.9 Å². The van der Waals surface area contributed by atoms with Gasteiger partial charge in [-0.2, -0.15) is 0 Å². The minimum Gasteiger partial charge on any atom is -0.406 e. The smallest absolute Gasteiger partial charge is 0.329 e. The van der Waals surface area contributed by atoms with Gasteiger partial charge in [0.05, 0.1) is 11.4 Å². The zero-order valence-electron chi connectivity index (χ0n) is 20.0. The molecule has 1 aliphatic rings. The second kappa shape index (κ2) is 10.3. The largest absolute Gasteiger partial charge is 0.406 e. The lowest BCUT2D eigenvalue weighted by Gasteiger charge is -2.43. The SMILES string of the molecule is CC(C)(C)[Si](OC[C@H]1C[C@H](N=[N+]=[N-])C(n2ccc(=O)[nH]c2=O)S1)(c1ccccc1)c1ccccc1. The van der Waals surface area contributed by atoms with Gasteiger partial charge in [-0.3, -0.25) is 14.3 Å². The number of aromatic amines is 1. The molecule has 2 heterocycles. The van der Waals surface area contributed by atoms with Crippen LogP contribution in [0.4, 0.5) is 0 Å². The summed E-state index contributed by atoms with van der Waals surface area (Å²) in [5.41, 5.74) is 8.16. The lowest BCUT2D eigenvalue weighted by atomic mass is 10.2. The highest BCUT2D eigenvalue weighted by Crippen LogP contribution is 2.44. The van der Waals surface area contributed by atoms with E-state index in [-0.39, 0.29) is 10.3 Å². The molecule has 0 amide bonds. The standard InChI is InChI=1S/C25H29N5O3SSi/c1-25(2,3)35(19-10-6-4-7-11-19,20-12-8-5-9-13-20)33-17-18-16-21(28-29-26)23(34-18)30-15-14-22(31)27-24(30)32/h4-15,18,21,23H,16-17H2,1-3H3,(H,27,31,32)/t18-,21+,23?/m1/s1. The maximum Gasteiger partial charge on any atom is 0.329 e. The van der Waals surface area contributed by atoms with Crippen LogP contribution in [-0.4, -0.2) is 35.8 Å². The second-order valence-corrected chi connectivity index (χ2v) is 15.4. The summed E-state index contributed by atoms with van der Waals surface area (Å²) in [6, 6.07) is 21.7. The Hall–Kier alpha value is -3.04. The Balaban J connectivity index is 1.68. The summed E-state index contributed by atoms with van der Waals surface area (Å²) in [4.78, 5) is 29.3. The van der Waals surface area contributed by atoms with Gasteiger partial charge in [0.2, 0.25) is 0 Å². The normalized spacial score (nSPS) is 20.4. The maximum atomic E-state index is 12.4. The van der Waals surface area contributed by atoms with Gasteiger partial charge in [-0.15, -0.1) is 11.8 Å². The Morgan fingerprint density at radius 1 is 1.09 bits per heavy atom. The number of hydrogen-bond acceptors (Lipinski definition) is 5. The Kier molecular flexibility index (Phi) is 7.37. The molecule has 0 aliphatic carbocycles. The molecule has 0 saturated carbocycles. The minimum atomic E-state index is -2.71. The van der Waals surface area contributed by atoms with Crippen LogP contribution < -0.4 is 21.6 Å². The van der Waals surface area contributed by atoms with Crippen LogP contribution in [-0.2, 0) is 4.43 Å². The van der Waals surface area contributed by atoms with E-state index < -0.39 is 31.0 Å². The van der Waals surface area contributed by atoms with Crippen LogP contribution in [0.2, 0.25) is 5.04 Å². The molecule has 3 atom stereocenters. The summed E-state index contributed by atoms with van der Waals surface area (Å²) in [6.45, 7) is 7.13. The van der Waals surface area contributed by atoms with E-state index in [0.717, 1.165) is 0 Å². The third-order valence-corrected chi connectivity index (χ3v) is 12.9. The Morgan fingerprint density at radius 2 is 1.69 bits per heavy atom.